The van der Waals surface area contributed by atoms with Crippen LogP contribution in [0.2, 0.25) is 0 Å². The summed E-state index contributed by atoms with van der Waals surface area (Å²) in [6, 6.07) is 17.4. The molecule has 135 valence electrons. The van der Waals surface area contributed by atoms with Crippen LogP contribution in [0.4, 0.5) is 8.78 Å². The van der Waals surface area contributed by atoms with Crippen LogP contribution >= 0.6 is 0 Å². The number of aryl methyl sites for hydroxylation is 1. The summed E-state index contributed by atoms with van der Waals surface area (Å²) in [5, 5.41) is 0. The van der Waals surface area contributed by atoms with Crippen LogP contribution in [0.1, 0.15) is 5.56 Å². The highest BCUT2D eigenvalue weighted by Gasteiger charge is 2.37. The monoisotopic (exact) mass is 488 g/mol. The van der Waals surface area contributed by atoms with Crippen molar-refractivity contribution >= 4 is 10.1 Å². The van der Waals surface area contributed by atoms with Gasteiger partial charge in [0, 0.05) is 0 Å². The summed E-state index contributed by atoms with van der Waals surface area (Å²) < 4.78 is 58.7. The Kier molecular flexibility index (Phi) is 5.69. The number of hydrogen-bond acceptors (Lipinski definition) is 3. The van der Waals surface area contributed by atoms with Crippen LogP contribution in [0.15, 0.2) is 77.7 Å². The molecule has 3 aromatic carbocycles. The van der Waals surface area contributed by atoms with Crippen molar-refractivity contribution in [3.05, 3.63) is 97.1 Å². The SMILES string of the molecule is Cc1ccc(S(=O)(=O)O[I+](c2ccc(F)cc2)c2ccc(F)cc2)cc1. The highest BCUT2D eigenvalue weighted by atomic mass is 127. The average Bonchev–Trinajstić information content (AvgIpc) is 2.62. The molecule has 7 heteroatoms. The molecule has 0 aliphatic rings. The van der Waals surface area contributed by atoms with Gasteiger partial charge in [-0.3, -0.25) is 0 Å². The Balaban J connectivity index is 2.01. The average molecular weight is 488 g/mol. The van der Waals surface area contributed by atoms with Crippen molar-refractivity contribution in [3.63, 3.8) is 0 Å². The summed E-state index contributed by atoms with van der Waals surface area (Å²) in [6.07, 6.45) is 0. The minimum absolute atomic E-state index is 0.0506. The summed E-state index contributed by atoms with van der Waals surface area (Å²) in [6.45, 7) is 1.85. The van der Waals surface area contributed by atoms with Crippen LogP contribution in [0.5, 0.6) is 0 Å². The van der Waals surface area contributed by atoms with Crippen LogP contribution in [0.25, 0.3) is 0 Å². The molecule has 0 aromatic heterocycles. The molecule has 0 saturated heterocycles. The van der Waals surface area contributed by atoms with Crippen molar-refractivity contribution < 1.29 is 39.9 Å². The molecule has 0 bridgehead atoms. The van der Waals surface area contributed by atoms with Crippen molar-refractivity contribution in [3.8, 4) is 0 Å². The van der Waals surface area contributed by atoms with Crippen LogP contribution in [0, 0.1) is 25.7 Å². The van der Waals surface area contributed by atoms with Gasteiger partial charge in [0.15, 0.2) is 7.14 Å². The molecule has 0 amide bonds. The van der Waals surface area contributed by atoms with E-state index in [1.165, 1.54) is 60.7 Å². The molecule has 0 saturated carbocycles. The van der Waals surface area contributed by atoms with Gasteiger partial charge in [-0.2, -0.15) is 8.42 Å². The zero-order valence-electron chi connectivity index (χ0n) is 13.7. The second kappa shape index (κ2) is 7.81. The first kappa shape index (κ1) is 18.9. The van der Waals surface area contributed by atoms with Crippen molar-refractivity contribution in [1.29, 1.82) is 0 Å². The van der Waals surface area contributed by atoms with Gasteiger partial charge in [0.2, 0.25) is 0 Å². The minimum atomic E-state index is -4.01. The van der Waals surface area contributed by atoms with Gasteiger partial charge in [0.05, 0.1) is 4.90 Å². The van der Waals surface area contributed by atoms with Gasteiger partial charge in [-0.05, 0) is 70.1 Å². The molecular weight excluding hydrogens is 473 g/mol. The van der Waals surface area contributed by atoms with E-state index in [9.17, 15) is 17.2 Å². The highest BCUT2D eigenvalue weighted by Crippen LogP contribution is 2.11. The topological polar surface area (TPSA) is 43.4 Å². The summed E-state index contributed by atoms with van der Waals surface area (Å²) >= 11 is -2.94. The first-order chi connectivity index (χ1) is 12.3. The third-order valence-electron chi connectivity index (χ3n) is 3.46. The Morgan fingerprint density at radius 1 is 0.731 bits per heavy atom. The van der Waals surface area contributed by atoms with E-state index in [1.54, 1.807) is 12.1 Å². The van der Waals surface area contributed by atoms with Gasteiger partial charge in [0.1, 0.15) is 11.6 Å². The standard InChI is InChI=1S/C19H15F2IO3S/c1-14-2-12-19(13-3-14)26(23,24)25-22(17-8-4-15(20)5-9-17)18-10-6-16(21)7-11-18/h2-13H,1H3/q+1. The van der Waals surface area contributed by atoms with Crippen LogP contribution in [-0.2, 0) is 12.6 Å². The van der Waals surface area contributed by atoms with E-state index in [1.807, 2.05) is 6.92 Å². The normalized spacial score (nSPS) is 11.7. The lowest BCUT2D eigenvalue weighted by Crippen LogP contribution is -3.85. The molecule has 0 heterocycles. The van der Waals surface area contributed by atoms with E-state index in [4.69, 9.17) is 2.51 Å². The quantitative estimate of drug-likeness (QED) is 0.509. The molecule has 0 N–H and O–H groups in total. The third-order valence-corrected chi connectivity index (χ3v) is 10.8. The predicted molar refractivity (Wildman–Crippen MR) is 89.6 cm³/mol. The van der Waals surface area contributed by atoms with Gasteiger partial charge in [-0.15, -0.1) is 0 Å². The lowest BCUT2D eigenvalue weighted by atomic mass is 10.2. The first-order valence-electron chi connectivity index (χ1n) is 7.58. The Labute approximate surface area is 158 Å². The number of rotatable bonds is 5. The van der Waals surface area contributed by atoms with E-state index in [0.29, 0.717) is 7.14 Å². The summed E-state index contributed by atoms with van der Waals surface area (Å²) in [7, 11) is -4.01. The van der Waals surface area contributed by atoms with Crippen molar-refractivity contribution in [2.45, 2.75) is 11.8 Å². The molecule has 0 aliphatic heterocycles. The van der Waals surface area contributed by atoms with E-state index < -0.39 is 42.0 Å². The molecular formula is C19H15F2IO3S+. The highest BCUT2D eigenvalue weighted by molar-refractivity contribution is 7.86. The van der Waals surface area contributed by atoms with Crippen molar-refractivity contribution in [2.75, 3.05) is 0 Å². The molecule has 3 nitrogen and oxygen atoms in total. The van der Waals surface area contributed by atoms with E-state index in [2.05, 4.69) is 0 Å². The van der Waals surface area contributed by atoms with Gasteiger partial charge in [0.25, 0.3) is 0 Å². The fraction of sp³-hybridized carbons (Fsp3) is 0.0526. The molecule has 3 rings (SSSR count). The number of benzene rings is 3. The van der Waals surface area contributed by atoms with Gasteiger partial charge < -0.3 is 0 Å². The maximum absolute atomic E-state index is 13.3. The van der Waals surface area contributed by atoms with Crippen LogP contribution in [0.3, 0.4) is 0 Å². The smallest absolute Gasteiger partial charge is 0.207 e. The zero-order chi connectivity index (χ0) is 18.7. The maximum Gasteiger partial charge on any atom is 0.336 e. The van der Waals surface area contributed by atoms with E-state index in [-0.39, 0.29) is 4.90 Å². The molecule has 0 aliphatic carbocycles. The van der Waals surface area contributed by atoms with Crippen molar-refractivity contribution in [1.82, 2.24) is 0 Å². The predicted octanol–water partition coefficient (Wildman–Crippen LogP) is 1.26. The molecule has 0 unspecified atom stereocenters. The minimum Gasteiger partial charge on any atom is -0.207 e. The number of hydrogen-bond donors (Lipinski definition) is 0. The third kappa shape index (κ3) is 4.46. The Hall–Kier alpha value is -1.84. The first-order valence-corrected chi connectivity index (χ1v) is 12.0. The maximum atomic E-state index is 13.3. The van der Waals surface area contributed by atoms with Crippen molar-refractivity contribution in [2.24, 2.45) is 0 Å². The van der Waals surface area contributed by atoms with Crippen LogP contribution < -0.4 is 20.2 Å². The largest absolute Gasteiger partial charge is 0.336 e. The fourth-order valence-electron chi connectivity index (χ4n) is 2.11. The Morgan fingerprint density at radius 2 is 1.15 bits per heavy atom. The lowest BCUT2D eigenvalue weighted by molar-refractivity contribution is -1.03. The summed E-state index contributed by atoms with van der Waals surface area (Å²) in [5.41, 5.74) is 0.927. The van der Waals surface area contributed by atoms with Gasteiger partial charge in [-0.25, -0.2) is 8.78 Å². The van der Waals surface area contributed by atoms with Gasteiger partial charge in [-0.1, -0.05) is 17.7 Å². The zero-order valence-corrected chi connectivity index (χ0v) is 16.7. The molecule has 0 atom stereocenters. The molecule has 26 heavy (non-hydrogen) atoms. The summed E-state index contributed by atoms with van der Waals surface area (Å²) in [4.78, 5) is 0.0506. The molecule has 0 spiro atoms. The second-order valence-electron chi connectivity index (χ2n) is 5.45. The summed E-state index contributed by atoms with van der Waals surface area (Å²) in [5.74, 6) is -0.852. The Morgan fingerprint density at radius 3 is 1.58 bits per heavy atom. The molecule has 0 fully saturated rings. The molecule has 1 radical (unpaired) electrons. The van der Waals surface area contributed by atoms with E-state index in [0.717, 1.165) is 5.56 Å². The van der Waals surface area contributed by atoms with Gasteiger partial charge >= 0.3 is 30.4 Å². The lowest BCUT2D eigenvalue weighted by Gasteiger charge is -2.06. The molecule has 3 aromatic rings. The van der Waals surface area contributed by atoms with E-state index >= 15 is 0 Å². The Bertz CT molecular complexity index is 941. The number of halogens is 3. The second-order valence-corrected chi connectivity index (χ2v) is 11.9. The fourth-order valence-corrected chi connectivity index (χ4v) is 9.00. The van der Waals surface area contributed by atoms with Crippen LogP contribution in [-0.4, -0.2) is 8.42 Å².